The van der Waals surface area contributed by atoms with Crippen molar-refractivity contribution in [3.63, 3.8) is 0 Å². The van der Waals surface area contributed by atoms with Gasteiger partial charge in [-0.3, -0.25) is 9.59 Å². The predicted molar refractivity (Wildman–Crippen MR) is 91.3 cm³/mol. The zero-order chi connectivity index (χ0) is 18.1. The number of benzene rings is 1. The van der Waals surface area contributed by atoms with E-state index in [1.165, 1.54) is 4.68 Å². The maximum Gasteiger partial charge on any atom is 0.231 e. The van der Waals surface area contributed by atoms with Gasteiger partial charge in [0.25, 0.3) is 0 Å². The average Bonchev–Trinajstić information content (AvgIpc) is 3.01. The van der Waals surface area contributed by atoms with Crippen LogP contribution in [0.25, 0.3) is 11.3 Å². The van der Waals surface area contributed by atoms with Gasteiger partial charge in [0.05, 0.1) is 12.3 Å². The highest BCUT2D eigenvalue weighted by molar-refractivity contribution is 5.92. The Bertz CT molecular complexity index is 799. The SMILES string of the molecule is CC(C)C(=O)Nc1cccc(-c2cn([C@H]3NC(=O)[C@@H]3[C@@H](C)O)nn2)c1. The number of β-lactam (4-membered cyclic amide) rings is 1. The van der Waals surface area contributed by atoms with Crippen LogP contribution in [0, 0.1) is 11.8 Å². The van der Waals surface area contributed by atoms with Crippen molar-refractivity contribution in [3.8, 4) is 11.3 Å². The quantitative estimate of drug-likeness (QED) is 0.706. The molecule has 25 heavy (non-hydrogen) atoms. The number of nitrogens with one attached hydrogen (secondary N) is 2. The first-order valence-corrected chi connectivity index (χ1v) is 8.18. The van der Waals surface area contributed by atoms with Gasteiger partial charge in [0.15, 0.2) is 0 Å². The van der Waals surface area contributed by atoms with E-state index in [9.17, 15) is 14.7 Å². The second-order valence-electron chi connectivity index (χ2n) is 6.53. The second-order valence-corrected chi connectivity index (χ2v) is 6.53. The lowest BCUT2D eigenvalue weighted by Crippen LogP contribution is -2.58. The van der Waals surface area contributed by atoms with Crippen LogP contribution < -0.4 is 10.6 Å². The van der Waals surface area contributed by atoms with Crippen LogP contribution in [0.4, 0.5) is 5.69 Å². The Hall–Kier alpha value is -2.74. The zero-order valence-electron chi connectivity index (χ0n) is 14.3. The number of anilines is 1. The van der Waals surface area contributed by atoms with E-state index in [-0.39, 0.29) is 17.7 Å². The van der Waals surface area contributed by atoms with Gasteiger partial charge in [-0.2, -0.15) is 0 Å². The molecule has 1 aromatic carbocycles. The number of hydrogen-bond acceptors (Lipinski definition) is 5. The lowest BCUT2D eigenvalue weighted by molar-refractivity contribution is -0.145. The fourth-order valence-corrected chi connectivity index (χ4v) is 2.68. The van der Waals surface area contributed by atoms with E-state index in [0.717, 1.165) is 5.56 Å². The molecule has 132 valence electrons. The number of carbonyl (C=O) groups excluding carboxylic acids is 2. The molecule has 2 aromatic rings. The molecule has 3 rings (SSSR count). The summed E-state index contributed by atoms with van der Waals surface area (Å²) in [5, 5.41) is 23.4. The average molecular weight is 343 g/mol. The minimum Gasteiger partial charge on any atom is -0.392 e. The van der Waals surface area contributed by atoms with Gasteiger partial charge in [-0.1, -0.05) is 31.2 Å². The molecule has 0 saturated carbocycles. The standard InChI is InChI=1S/C17H21N5O3/c1-9(2)16(24)18-12-6-4-5-11(7-12)13-8-22(21-20-13)15-14(10(3)23)17(25)19-15/h4-10,14-15,23H,1-3H3,(H,18,24)(H,19,25)/t10-,14-,15-/m1/s1. The van der Waals surface area contributed by atoms with Crippen LogP contribution in [0.3, 0.4) is 0 Å². The maximum atomic E-state index is 11.8. The lowest BCUT2D eigenvalue weighted by atomic mass is 9.92. The van der Waals surface area contributed by atoms with Crippen molar-refractivity contribution in [3.05, 3.63) is 30.5 Å². The number of aromatic nitrogens is 3. The van der Waals surface area contributed by atoms with Crippen LogP contribution in [-0.2, 0) is 9.59 Å². The van der Waals surface area contributed by atoms with E-state index in [2.05, 4.69) is 20.9 Å². The van der Waals surface area contributed by atoms with Crippen molar-refractivity contribution in [1.29, 1.82) is 0 Å². The molecule has 1 aliphatic rings. The van der Waals surface area contributed by atoms with Crippen molar-refractivity contribution >= 4 is 17.5 Å². The highest BCUT2D eigenvalue weighted by atomic mass is 16.3. The first kappa shape index (κ1) is 17.1. The van der Waals surface area contributed by atoms with E-state index in [4.69, 9.17) is 0 Å². The van der Waals surface area contributed by atoms with Gasteiger partial charge in [0.1, 0.15) is 17.8 Å². The third-order valence-electron chi connectivity index (χ3n) is 4.20. The Labute approximate surface area is 145 Å². The Morgan fingerprint density at radius 1 is 1.36 bits per heavy atom. The van der Waals surface area contributed by atoms with Crippen molar-refractivity contribution < 1.29 is 14.7 Å². The minimum atomic E-state index is -0.763. The molecule has 2 amide bonds. The Kier molecular flexibility index (Phi) is 4.54. The summed E-state index contributed by atoms with van der Waals surface area (Å²) in [6, 6.07) is 7.32. The fraction of sp³-hybridized carbons (Fsp3) is 0.412. The summed E-state index contributed by atoms with van der Waals surface area (Å²) in [5.74, 6) is -0.899. The minimum absolute atomic E-state index is 0.0576. The first-order valence-electron chi connectivity index (χ1n) is 8.18. The summed E-state index contributed by atoms with van der Waals surface area (Å²) in [7, 11) is 0. The second kappa shape index (κ2) is 6.64. The molecule has 2 heterocycles. The van der Waals surface area contributed by atoms with Gasteiger partial charge >= 0.3 is 0 Å². The summed E-state index contributed by atoms with van der Waals surface area (Å²) in [6.45, 7) is 5.24. The molecular formula is C17H21N5O3. The molecule has 0 spiro atoms. The van der Waals surface area contributed by atoms with Crippen molar-refractivity contribution in [1.82, 2.24) is 20.3 Å². The molecule has 8 nitrogen and oxygen atoms in total. The fourth-order valence-electron chi connectivity index (χ4n) is 2.68. The molecule has 1 fully saturated rings. The van der Waals surface area contributed by atoms with Crippen LogP contribution in [0.2, 0.25) is 0 Å². The van der Waals surface area contributed by atoms with Crippen molar-refractivity contribution in [2.24, 2.45) is 11.8 Å². The molecule has 8 heteroatoms. The van der Waals surface area contributed by atoms with Gasteiger partial charge < -0.3 is 15.7 Å². The molecule has 0 bridgehead atoms. The van der Waals surface area contributed by atoms with E-state index < -0.39 is 18.2 Å². The molecule has 3 atom stereocenters. The van der Waals surface area contributed by atoms with E-state index in [1.807, 2.05) is 38.1 Å². The van der Waals surface area contributed by atoms with Gasteiger partial charge in [0.2, 0.25) is 11.8 Å². The van der Waals surface area contributed by atoms with Gasteiger partial charge in [0, 0.05) is 17.2 Å². The molecule has 0 radical (unpaired) electrons. The van der Waals surface area contributed by atoms with Gasteiger partial charge in [-0.15, -0.1) is 5.10 Å². The largest absolute Gasteiger partial charge is 0.392 e. The topological polar surface area (TPSA) is 109 Å². The summed E-state index contributed by atoms with van der Waals surface area (Å²) >= 11 is 0. The third-order valence-corrected chi connectivity index (χ3v) is 4.20. The number of carbonyl (C=O) groups is 2. The third kappa shape index (κ3) is 3.39. The summed E-state index contributed by atoms with van der Waals surface area (Å²) < 4.78 is 1.54. The number of aliphatic hydroxyl groups excluding tert-OH is 1. The predicted octanol–water partition coefficient (Wildman–Crippen LogP) is 1.16. The summed E-state index contributed by atoms with van der Waals surface area (Å²) in [5.41, 5.74) is 2.10. The van der Waals surface area contributed by atoms with E-state index in [1.54, 1.807) is 13.1 Å². The van der Waals surface area contributed by atoms with Crippen LogP contribution in [0.5, 0.6) is 0 Å². The van der Waals surface area contributed by atoms with Crippen molar-refractivity contribution in [2.45, 2.75) is 33.0 Å². The van der Waals surface area contributed by atoms with E-state index in [0.29, 0.717) is 11.4 Å². The molecule has 3 N–H and O–H groups in total. The summed E-state index contributed by atoms with van der Waals surface area (Å²) in [4.78, 5) is 23.4. The van der Waals surface area contributed by atoms with Crippen molar-refractivity contribution in [2.75, 3.05) is 5.32 Å². The number of amides is 2. The molecule has 0 unspecified atom stereocenters. The number of rotatable bonds is 5. The summed E-state index contributed by atoms with van der Waals surface area (Å²) in [6.07, 6.45) is 0.543. The maximum absolute atomic E-state index is 11.8. The Morgan fingerprint density at radius 3 is 2.76 bits per heavy atom. The number of nitrogens with zero attached hydrogens (tertiary/aromatic N) is 3. The molecule has 1 saturated heterocycles. The molecule has 1 aromatic heterocycles. The highest BCUT2D eigenvalue weighted by Gasteiger charge is 2.44. The van der Waals surface area contributed by atoms with Crippen LogP contribution in [0.1, 0.15) is 26.9 Å². The highest BCUT2D eigenvalue weighted by Crippen LogP contribution is 2.29. The number of aliphatic hydroxyl groups is 1. The molecule has 1 aliphatic heterocycles. The first-order chi connectivity index (χ1) is 11.9. The molecule has 0 aliphatic carbocycles. The van der Waals surface area contributed by atoms with Gasteiger partial charge in [-0.05, 0) is 19.1 Å². The lowest BCUT2D eigenvalue weighted by Gasteiger charge is -2.37. The van der Waals surface area contributed by atoms with Gasteiger partial charge in [-0.25, -0.2) is 4.68 Å². The monoisotopic (exact) mass is 343 g/mol. The van der Waals surface area contributed by atoms with Crippen LogP contribution in [0.15, 0.2) is 30.5 Å². The molecular weight excluding hydrogens is 322 g/mol. The van der Waals surface area contributed by atoms with Crippen LogP contribution in [-0.4, -0.2) is 38.0 Å². The Balaban J connectivity index is 1.79. The zero-order valence-corrected chi connectivity index (χ0v) is 14.3. The van der Waals surface area contributed by atoms with E-state index >= 15 is 0 Å². The smallest absolute Gasteiger partial charge is 0.231 e. The Morgan fingerprint density at radius 2 is 2.12 bits per heavy atom. The van der Waals surface area contributed by atoms with Crippen LogP contribution >= 0.6 is 0 Å². The normalized spacial score (nSPS) is 20.8. The number of hydrogen-bond donors (Lipinski definition) is 3.